The van der Waals surface area contributed by atoms with E-state index >= 15 is 0 Å². The van der Waals surface area contributed by atoms with Crippen molar-refractivity contribution >= 4 is 0 Å². The van der Waals surface area contributed by atoms with Crippen molar-refractivity contribution in [2.75, 3.05) is 0 Å². The predicted octanol–water partition coefficient (Wildman–Crippen LogP) is 2.98. The van der Waals surface area contributed by atoms with Crippen molar-refractivity contribution in [2.45, 2.75) is 44.9 Å². The lowest BCUT2D eigenvalue weighted by atomic mass is 9.92. The quantitative estimate of drug-likeness (QED) is 0.449. The van der Waals surface area contributed by atoms with E-state index in [1.165, 1.54) is 44.9 Å². The van der Waals surface area contributed by atoms with Crippen LogP contribution in [0.5, 0.6) is 0 Å². The van der Waals surface area contributed by atoms with Gasteiger partial charge in [-0.25, -0.2) is 0 Å². The van der Waals surface area contributed by atoms with Gasteiger partial charge >= 0.3 is 0 Å². The summed E-state index contributed by atoms with van der Waals surface area (Å²) < 4.78 is 0. The molecule has 1 rings (SSSR count). The maximum absolute atomic E-state index is 5.37. The number of rotatable bonds is 0. The van der Waals surface area contributed by atoms with Gasteiger partial charge in [0, 0.05) is 5.92 Å². The molecule has 0 aromatic rings. The highest BCUT2D eigenvalue weighted by atomic mass is 14.1. The van der Waals surface area contributed by atoms with Crippen molar-refractivity contribution in [1.29, 1.82) is 0 Å². The zero-order valence-corrected chi connectivity index (χ0v) is 6.60. The fraction of sp³-hybridized carbons (Fsp3) is 0.800. The average Bonchev–Trinajstić information content (AvgIpc) is 1.87. The Bertz CT molecular complexity index is 110. The molecule has 0 radical (unpaired) electrons. The minimum atomic E-state index is 0.597. The first-order chi connectivity index (χ1) is 4.93. The highest BCUT2D eigenvalue weighted by molar-refractivity contribution is 4.92. The Morgan fingerprint density at radius 2 is 1.40 bits per heavy atom. The van der Waals surface area contributed by atoms with E-state index in [1.807, 2.05) is 0 Å². The van der Waals surface area contributed by atoms with E-state index in [0.717, 1.165) is 0 Å². The van der Waals surface area contributed by atoms with Crippen LogP contribution in [0.25, 0.3) is 0 Å². The van der Waals surface area contributed by atoms with Crippen LogP contribution in [-0.4, -0.2) is 0 Å². The standard InChI is InChI=1S/C10H16/c1-2-10-8-6-4-3-5-7-9-10/h1,10H,3-9H2. The molecule has 0 heterocycles. The minimum Gasteiger partial charge on any atom is -0.120 e. The summed E-state index contributed by atoms with van der Waals surface area (Å²) in [5.41, 5.74) is 0. The normalized spacial score (nSPS) is 22.7. The zero-order chi connectivity index (χ0) is 7.23. The van der Waals surface area contributed by atoms with E-state index in [-0.39, 0.29) is 0 Å². The van der Waals surface area contributed by atoms with Gasteiger partial charge < -0.3 is 0 Å². The fourth-order valence-corrected chi connectivity index (χ4v) is 1.62. The molecule has 0 amide bonds. The highest BCUT2D eigenvalue weighted by Crippen LogP contribution is 2.20. The van der Waals surface area contributed by atoms with Crippen LogP contribution in [0.15, 0.2) is 0 Å². The van der Waals surface area contributed by atoms with E-state index in [1.54, 1.807) is 0 Å². The maximum Gasteiger partial charge on any atom is 0.0200 e. The molecule has 0 aromatic heterocycles. The lowest BCUT2D eigenvalue weighted by Crippen LogP contribution is -2.00. The van der Waals surface area contributed by atoms with Gasteiger partial charge in [0.2, 0.25) is 0 Å². The molecular formula is C10H16. The van der Waals surface area contributed by atoms with Gasteiger partial charge in [-0.3, -0.25) is 0 Å². The van der Waals surface area contributed by atoms with E-state index in [0.29, 0.717) is 5.92 Å². The second-order valence-corrected chi connectivity index (χ2v) is 3.21. The summed E-state index contributed by atoms with van der Waals surface area (Å²) in [6.07, 6.45) is 14.9. The molecule has 0 N–H and O–H groups in total. The summed E-state index contributed by atoms with van der Waals surface area (Å²) in [6, 6.07) is 0. The summed E-state index contributed by atoms with van der Waals surface area (Å²) in [5, 5.41) is 0. The third-order valence-electron chi connectivity index (χ3n) is 2.34. The Morgan fingerprint density at radius 1 is 0.900 bits per heavy atom. The van der Waals surface area contributed by atoms with Gasteiger partial charge in [0.1, 0.15) is 0 Å². The van der Waals surface area contributed by atoms with Gasteiger partial charge in [0.15, 0.2) is 0 Å². The largest absolute Gasteiger partial charge is 0.120 e. The van der Waals surface area contributed by atoms with Crippen LogP contribution in [0.3, 0.4) is 0 Å². The van der Waals surface area contributed by atoms with Crippen LogP contribution < -0.4 is 0 Å². The molecule has 0 saturated heterocycles. The van der Waals surface area contributed by atoms with Crippen molar-refractivity contribution in [3.63, 3.8) is 0 Å². The van der Waals surface area contributed by atoms with Gasteiger partial charge in [-0.1, -0.05) is 32.1 Å². The molecule has 1 aliphatic rings. The highest BCUT2D eigenvalue weighted by Gasteiger charge is 2.06. The second kappa shape index (κ2) is 4.39. The van der Waals surface area contributed by atoms with Crippen LogP contribution in [0.4, 0.5) is 0 Å². The van der Waals surface area contributed by atoms with Gasteiger partial charge in [-0.05, 0) is 12.8 Å². The topological polar surface area (TPSA) is 0 Å². The molecule has 1 aliphatic carbocycles. The predicted molar refractivity (Wildman–Crippen MR) is 44.6 cm³/mol. The number of hydrogen-bond donors (Lipinski definition) is 0. The van der Waals surface area contributed by atoms with Crippen LogP contribution in [0, 0.1) is 18.3 Å². The van der Waals surface area contributed by atoms with Gasteiger partial charge in [0.25, 0.3) is 0 Å². The van der Waals surface area contributed by atoms with Crippen molar-refractivity contribution in [1.82, 2.24) is 0 Å². The van der Waals surface area contributed by atoms with Gasteiger partial charge in [-0.15, -0.1) is 12.3 Å². The van der Waals surface area contributed by atoms with Crippen molar-refractivity contribution in [2.24, 2.45) is 5.92 Å². The molecule has 0 aliphatic heterocycles. The molecule has 0 unspecified atom stereocenters. The van der Waals surface area contributed by atoms with Crippen LogP contribution in [0.1, 0.15) is 44.9 Å². The maximum atomic E-state index is 5.37. The van der Waals surface area contributed by atoms with Crippen molar-refractivity contribution < 1.29 is 0 Å². The van der Waals surface area contributed by atoms with Crippen LogP contribution in [0.2, 0.25) is 0 Å². The zero-order valence-electron chi connectivity index (χ0n) is 6.60. The Labute approximate surface area is 64.0 Å². The Morgan fingerprint density at radius 3 is 1.90 bits per heavy atom. The number of hydrogen-bond acceptors (Lipinski definition) is 0. The first-order valence-electron chi connectivity index (χ1n) is 4.39. The van der Waals surface area contributed by atoms with Crippen molar-refractivity contribution in [3.05, 3.63) is 0 Å². The Balaban J connectivity index is 2.24. The van der Waals surface area contributed by atoms with Gasteiger partial charge in [-0.2, -0.15) is 0 Å². The first-order valence-corrected chi connectivity index (χ1v) is 4.39. The Kier molecular flexibility index (Phi) is 3.36. The SMILES string of the molecule is C#CC1CCCCCCC1. The summed E-state index contributed by atoms with van der Waals surface area (Å²) in [6.45, 7) is 0. The van der Waals surface area contributed by atoms with Crippen LogP contribution >= 0.6 is 0 Å². The Hall–Kier alpha value is -0.440. The molecule has 1 fully saturated rings. The van der Waals surface area contributed by atoms with Crippen molar-refractivity contribution in [3.8, 4) is 12.3 Å². The molecule has 0 spiro atoms. The monoisotopic (exact) mass is 136 g/mol. The third-order valence-corrected chi connectivity index (χ3v) is 2.34. The minimum absolute atomic E-state index is 0.597. The molecule has 1 saturated carbocycles. The molecule has 0 atom stereocenters. The smallest absolute Gasteiger partial charge is 0.0200 e. The summed E-state index contributed by atoms with van der Waals surface area (Å²) in [4.78, 5) is 0. The molecular weight excluding hydrogens is 120 g/mol. The molecule has 0 aromatic carbocycles. The lowest BCUT2D eigenvalue weighted by molar-refractivity contribution is 0.445. The van der Waals surface area contributed by atoms with E-state index in [2.05, 4.69) is 5.92 Å². The molecule has 0 heteroatoms. The molecule has 0 bridgehead atoms. The number of terminal acetylenes is 1. The van der Waals surface area contributed by atoms with E-state index in [9.17, 15) is 0 Å². The molecule has 0 nitrogen and oxygen atoms in total. The lowest BCUT2D eigenvalue weighted by Gasteiger charge is -2.13. The molecule has 10 heavy (non-hydrogen) atoms. The van der Waals surface area contributed by atoms with E-state index < -0.39 is 0 Å². The summed E-state index contributed by atoms with van der Waals surface area (Å²) in [5.74, 6) is 3.47. The second-order valence-electron chi connectivity index (χ2n) is 3.21. The molecule has 56 valence electrons. The van der Waals surface area contributed by atoms with Gasteiger partial charge in [0.05, 0.1) is 0 Å². The fourth-order valence-electron chi connectivity index (χ4n) is 1.62. The summed E-state index contributed by atoms with van der Waals surface area (Å²) >= 11 is 0. The van der Waals surface area contributed by atoms with E-state index in [4.69, 9.17) is 6.42 Å². The van der Waals surface area contributed by atoms with Crippen LogP contribution in [-0.2, 0) is 0 Å². The summed E-state index contributed by atoms with van der Waals surface area (Å²) in [7, 11) is 0. The average molecular weight is 136 g/mol. The third kappa shape index (κ3) is 2.43. The first kappa shape index (κ1) is 7.66.